The van der Waals surface area contributed by atoms with Crippen molar-refractivity contribution >= 4 is 17.9 Å². The van der Waals surface area contributed by atoms with Crippen LogP contribution in [-0.4, -0.2) is 18.5 Å². The molecule has 0 radical (unpaired) electrons. The zero-order valence-electron chi connectivity index (χ0n) is 15.0. The summed E-state index contributed by atoms with van der Waals surface area (Å²) in [5.74, 6) is 0.647. The minimum absolute atomic E-state index is 0.283. The molecule has 0 aromatic heterocycles. The number of unbranched alkanes of at least 4 members (excludes halogenated alkanes) is 3. The number of aliphatic imine (C=N–C) groups is 1. The van der Waals surface area contributed by atoms with Gasteiger partial charge in [0.1, 0.15) is 5.75 Å². The Morgan fingerprint density at radius 2 is 1.77 bits per heavy atom. The number of carbonyl (C=O) groups excluding carboxylic acids is 1. The normalized spacial score (nSPS) is 15.0. The molecule has 0 fully saturated rings. The van der Waals surface area contributed by atoms with E-state index in [9.17, 15) is 4.79 Å². The maximum absolute atomic E-state index is 12.2. The van der Waals surface area contributed by atoms with Crippen LogP contribution in [0.2, 0.25) is 0 Å². The number of cyclic esters (lactones) is 1. The number of hydrogen-bond donors (Lipinski definition) is 0. The van der Waals surface area contributed by atoms with Gasteiger partial charge in [-0.15, -0.1) is 0 Å². The van der Waals surface area contributed by atoms with Gasteiger partial charge in [-0.3, -0.25) is 0 Å². The van der Waals surface area contributed by atoms with Gasteiger partial charge in [0.15, 0.2) is 5.70 Å². The Morgan fingerprint density at radius 3 is 2.58 bits per heavy atom. The molecule has 0 aliphatic carbocycles. The molecule has 0 amide bonds. The van der Waals surface area contributed by atoms with Crippen molar-refractivity contribution in [2.24, 2.45) is 4.99 Å². The van der Waals surface area contributed by atoms with Gasteiger partial charge < -0.3 is 9.47 Å². The van der Waals surface area contributed by atoms with Crippen LogP contribution in [0, 0.1) is 0 Å². The summed E-state index contributed by atoms with van der Waals surface area (Å²) < 4.78 is 11.2. The van der Waals surface area contributed by atoms with Crippen LogP contribution in [0.15, 0.2) is 65.3 Å². The first kappa shape index (κ1) is 17.9. The van der Waals surface area contributed by atoms with Crippen molar-refractivity contribution < 1.29 is 14.3 Å². The number of para-hydroxylation sites is 1. The lowest BCUT2D eigenvalue weighted by atomic mass is 10.1. The van der Waals surface area contributed by atoms with Gasteiger partial charge in [0.05, 0.1) is 6.61 Å². The predicted molar refractivity (Wildman–Crippen MR) is 103 cm³/mol. The lowest BCUT2D eigenvalue weighted by Gasteiger charge is -2.09. The van der Waals surface area contributed by atoms with E-state index in [1.165, 1.54) is 12.8 Å². The van der Waals surface area contributed by atoms with Crippen LogP contribution in [0.4, 0.5) is 0 Å². The van der Waals surface area contributed by atoms with Crippen LogP contribution in [0.3, 0.4) is 0 Å². The van der Waals surface area contributed by atoms with Crippen LogP contribution in [0.5, 0.6) is 5.75 Å². The largest absolute Gasteiger partial charge is 0.493 e. The first-order valence-corrected chi connectivity index (χ1v) is 9.07. The number of hydrogen-bond acceptors (Lipinski definition) is 4. The quantitative estimate of drug-likeness (QED) is 0.383. The van der Waals surface area contributed by atoms with Crippen molar-refractivity contribution in [2.75, 3.05) is 6.61 Å². The number of benzene rings is 2. The fraction of sp³-hybridized carbons (Fsp3) is 0.273. The highest BCUT2D eigenvalue weighted by atomic mass is 16.6. The van der Waals surface area contributed by atoms with Crippen molar-refractivity contribution in [1.82, 2.24) is 0 Å². The highest BCUT2D eigenvalue weighted by Gasteiger charge is 2.24. The summed E-state index contributed by atoms with van der Waals surface area (Å²) in [6.07, 6.45) is 6.33. The van der Waals surface area contributed by atoms with Crippen molar-refractivity contribution in [3.05, 3.63) is 71.4 Å². The van der Waals surface area contributed by atoms with Crippen molar-refractivity contribution in [3.8, 4) is 5.75 Å². The van der Waals surface area contributed by atoms with E-state index in [2.05, 4.69) is 11.9 Å². The van der Waals surface area contributed by atoms with Crippen molar-refractivity contribution in [2.45, 2.75) is 32.6 Å². The number of ether oxygens (including phenoxy) is 2. The Labute approximate surface area is 154 Å². The Bertz CT molecular complexity index is 809. The average molecular weight is 349 g/mol. The Balaban J connectivity index is 1.75. The van der Waals surface area contributed by atoms with Gasteiger partial charge >= 0.3 is 5.97 Å². The summed E-state index contributed by atoms with van der Waals surface area (Å²) in [4.78, 5) is 16.5. The van der Waals surface area contributed by atoms with E-state index in [4.69, 9.17) is 9.47 Å². The van der Waals surface area contributed by atoms with Gasteiger partial charge in [0.25, 0.3) is 0 Å². The van der Waals surface area contributed by atoms with Crippen LogP contribution >= 0.6 is 0 Å². The fourth-order valence-corrected chi connectivity index (χ4v) is 2.70. The van der Waals surface area contributed by atoms with E-state index in [0.717, 1.165) is 29.7 Å². The highest BCUT2D eigenvalue weighted by Crippen LogP contribution is 2.25. The van der Waals surface area contributed by atoms with Crippen LogP contribution in [0.1, 0.15) is 43.7 Å². The second-order valence-electron chi connectivity index (χ2n) is 6.15. The summed E-state index contributed by atoms with van der Waals surface area (Å²) >= 11 is 0. The third kappa shape index (κ3) is 4.60. The molecular weight excluding hydrogens is 326 g/mol. The lowest BCUT2D eigenvalue weighted by Crippen LogP contribution is -2.05. The number of esters is 1. The SMILES string of the molecule is CCCCCCOc1ccccc1C=C1N=C(c2ccccc2)OC1=O. The maximum atomic E-state index is 12.2. The molecule has 2 aromatic carbocycles. The molecule has 1 aliphatic rings. The highest BCUT2D eigenvalue weighted by molar-refractivity contribution is 6.12. The van der Waals surface area contributed by atoms with Gasteiger partial charge in [0, 0.05) is 11.1 Å². The van der Waals surface area contributed by atoms with Crippen LogP contribution in [0.25, 0.3) is 6.08 Å². The predicted octanol–water partition coefficient (Wildman–Crippen LogP) is 4.99. The van der Waals surface area contributed by atoms with Gasteiger partial charge in [-0.2, -0.15) is 0 Å². The van der Waals surface area contributed by atoms with Gasteiger partial charge in [-0.1, -0.05) is 62.6 Å². The molecule has 134 valence electrons. The minimum atomic E-state index is -0.443. The topological polar surface area (TPSA) is 47.9 Å². The Kier molecular flexibility index (Phi) is 6.20. The summed E-state index contributed by atoms with van der Waals surface area (Å²) in [6, 6.07) is 17.1. The number of carbonyl (C=O) groups is 1. The second kappa shape index (κ2) is 8.99. The van der Waals surface area contributed by atoms with E-state index >= 15 is 0 Å². The third-order valence-corrected chi connectivity index (χ3v) is 4.11. The molecule has 2 aromatic rings. The van der Waals surface area contributed by atoms with Gasteiger partial charge in [-0.25, -0.2) is 9.79 Å². The summed E-state index contributed by atoms with van der Waals surface area (Å²) in [5, 5.41) is 0. The fourth-order valence-electron chi connectivity index (χ4n) is 2.70. The number of nitrogens with zero attached hydrogens (tertiary/aromatic N) is 1. The Morgan fingerprint density at radius 1 is 1.00 bits per heavy atom. The maximum Gasteiger partial charge on any atom is 0.363 e. The molecule has 0 N–H and O–H groups in total. The minimum Gasteiger partial charge on any atom is -0.493 e. The number of rotatable bonds is 8. The molecule has 3 rings (SSSR count). The van der Waals surface area contributed by atoms with Gasteiger partial charge in [-0.05, 0) is 30.7 Å². The molecular formula is C22H23NO3. The van der Waals surface area contributed by atoms with Crippen molar-refractivity contribution in [1.29, 1.82) is 0 Å². The smallest absolute Gasteiger partial charge is 0.363 e. The van der Waals surface area contributed by atoms with E-state index < -0.39 is 5.97 Å². The standard InChI is InChI=1S/C22H23NO3/c1-2-3-4-10-15-25-20-14-9-8-13-18(20)16-19-22(24)26-21(23-19)17-11-6-5-7-12-17/h5-9,11-14,16H,2-4,10,15H2,1H3. The molecule has 0 spiro atoms. The Hall–Kier alpha value is -2.88. The molecule has 4 heteroatoms. The average Bonchev–Trinajstić information content (AvgIpc) is 3.04. The molecule has 0 saturated heterocycles. The monoisotopic (exact) mass is 349 g/mol. The van der Waals surface area contributed by atoms with Gasteiger partial charge in [0.2, 0.25) is 5.90 Å². The molecule has 0 atom stereocenters. The van der Waals surface area contributed by atoms with Crippen LogP contribution < -0.4 is 4.74 Å². The summed E-state index contributed by atoms with van der Waals surface area (Å²) in [6.45, 7) is 2.86. The summed E-state index contributed by atoms with van der Waals surface area (Å²) in [7, 11) is 0. The summed E-state index contributed by atoms with van der Waals surface area (Å²) in [5.41, 5.74) is 1.89. The second-order valence-corrected chi connectivity index (χ2v) is 6.15. The third-order valence-electron chi connectivity index (χ3n) is 4.11. The molecule has 0 saturated carbocycles. The van der Waals surface area contributed by atoms with Crippen LogP contribution in [-0.2, 0) is 9.53 Å². The van der Waals surface area contributed by atoms with Crippen molar-refractivity contribution in [3.63, 3.8) is 0 Å². The molecule has 4 nitrogen and oxygen atoms in total. The first-order chi connectivity index (χ1) is 12.8. The molecule has 26 heavy (non-hydrogen) atoms. The molecule has 0 bridgehead atoms. The first-order valence-electron chi connectivity index (χ1n) is 9.07. The molecule has 0 unspecified atom stereocenters. The van der Waals surface area contributed by atoms with E-state index in [0.29, 0.717) is 12.5 Å². The zero-order chi connectivity index (χ0) is 18.2. The van der Waals surface area contributed by atoms with E-state index in [-0.39, 0.29) is 5.70 Å². The zero-order valence-corrected chi connectivity index (χ0v) is 15.0. The molecule has 1 aliphatic heterocycles. The lowest BCUT2D eigenvalue weighted by molar-refractivity contribution is -0.129. The van der Waals surface area contributed by atoms with E-state index in [1.54, 1.807) is 6.08 Å². The molecule has 1 heterocycles. The van der Waals surface area contributed by atoms with E-state index in [1.807, 2.05) is 54.6 Å².